The number of thioether (sulfide) groups is 1. The molecule has 0 amide bonds. The standard InChI is InChI=1S/C14H22N2O2S2.ClH/c1-11(15)12-6-5-9-16(10-12)20(17,18)14-8-4-3-7-13(14)19-2;/h3-4,7-8,11-12H,5-6,9-10,15H2,1-2H3;1H. The summed E-state index contributed by atoms with van der Waals surface area (Å²) in [5, 5.41) is 0. The van der Waals surface area contributed by atoms with Gasteiger partial charge in [-0.3, -0.25) is 0 Å². The first-order valence-electron chi connectivity index (χ1n) is 6.85. The summed E-state index contributed by atoms with van der Waals surface area (Å²) in [4.78, 5) is 1.22. The molecule has 0 radical (unpaired) electrons. The lowest BCUT2D eigenvalue weighted by Crippen LogP contribution is -2.45. The fourth-order valence-electron chi connectivity index (χ4n) is 2.59. The molecule has 2 N–H and O–H groups in total. The van der Waals surface area contributed by atoms with Gasteiger partial charge in [-0.1, -0.05) is 12.1 Å². The van der Waals surface area contributed by atoms with Crippen molar-refractivity contribution in [1.29, 1.82) is 0 Å². The second-order valence-electron chi connectivity index (χ2n) is 5.28. The van der Waals surface area contributed by atoms with Crippen molar-refractivity contribution in [2.75, 3.05) is 19.3 Å². The highest BCUT2D eigenvalue weighted by Gasteiger charge is 2.32. The fraction of sp³-hybridized carbons (Fsp3) is 0.571. The largest absolute Gasteiger partial charge is 0.328 e. The van der Waals surface area contributed by atoms with Crippen LogP contribution in [0.25, 0.3) is 0 Å². The first-order valence-corrected chi connectivity index (χ1v) is 9.52. The molecule has 1 heterocycles. The Morgan fingerprint density at radius 2 is 2.05 bits per heavy atom. The van der Waals surface area contributed by atoms with Crippen LogP contribution in [0.1, 0.15) is 19.8 Å². The van der Waals surface area contributed by atoms with Crippen molar-refractivity contribution in [2.45, 2.75) is 35.6 Å². The lowest BCUT2D eigenvalue weighted by Gasteiger charge is -2.34. The molecule has 2 unspecified atom stereocenters. The normalized spacial score (nSPS) is 21.6. The molecule has 4 nitrogen and oxygen atoms in total. The molecular formula is C14H23ClN2O2S2. The number of halogens is 1. The average Bonchev–Trinajstić information content (AvgIpc) is 2.47. The van der Waals surface area contributed by atoms with Crippen LogP contribution in [0.3, 0.4) is 0 Å². The molecule has 120 valence electrons. The molecular weight excluding hydrogens is 328 g/mol. The van der Waals surface area contributed by atoms with Gasteiger partial charge < -0.3 is 5.73 Å². The van der Waals surface area contributed by atoms with E-state index in [1.807, 2.05) is 25.3 Å². The average molecular weight is 351 g/mol. The zero-order valence-electron chi connectivity index (χ0n) is 12.4. The number of hydrogen-bond donors (Lipinski definition) is 1. The van der Waals surface area contributed by atoms with Gasteiger partial charge in [-0.2, -0.15) is 4.31 Å². The van der Waals surface area contributed by atoms with E-state index < -0.39 is 10.0 Å². The van der Waals surface area contributed by atoms with Crippen molar-refractivity contribution >= 4 is 34.2 Å². The minimum atomic E-state index is -3.41. The molecule has 2 atom stereocenters. The maximum atomic E-state index is 12.8. The van der Waals surface area contributed by atoms with Crippen LogP contribution >= 0.6 is 24.2 Å². The second-order valence-corrected chi connectivity index (χ2v) is 8.03. The molecule has 0 aromatic heterocycles. The summed E-state index contributed by atoms with van der Waals surface area (Å²) in [5.74, 6) is 0.250. The first-order chi connectivity index (χ1) is 9.46. The van der Waals surface area contributed by atoms with E-state index >= 15 is 0 Å². The Kier molecular flexibility index (Phi) is 7.00. The Bertz CT molecular complexity index is 564. The van der Waals surface area contributed by atoms with Crippen LogP contribution in [0.15, 0.2) is 34.1 Å². The number of rotatable bonds is 4. The van der Waals surface area contributed by atoms with Crippen LogP contribution in [0.4, 0.5) is 0 Å². The zero-order valence-corrected chi connectivity index (χ0v) is 14.8. The number of nitrogens with zero attached hydrogens (tertiary/aromatic N) is 1. The summed E-state index contributed by atoms with van der Waals surface area (Å²) in [5.41, 5.74) is 5.94. The maximum Gasteiger partial charge on any atom is 0.244 e. The monoisotopic (exact) mass is 350 g/mol. The van der Waals surface area contributed by atoms with E-state index in [0.717, 1.165) is 17.7 Å². The van der Waals surface area contributed by atoms with Gasteiger partial charge in [-0.25, -0.2) is 8.42 Å². The number of benzene rings is 1. The van der Waals surface area contributed by atoms with Crippen molar-refractivity contribution in [1.82, 2.24) is 4.31 Å². The summed E-state index contributed by atoms with van der Waals surface area (Å²) in [6.07, 6.45) is 3.79. The predicted octanol–water partition coefficient (Wildman–Crippen LogP) is 2.58. The van der Waals surface area contributed by atoms with Crippen LogP contribution in [0.2, 0.25) is 0 Å². The summed E-state index contributed by atoms with van der Waals surface area (Å²) in [7, 11) is -3.41. The molecule has 2 rings (SSSR count). The van der Waals surface area contributed by atoms with Gasteiger partial charge in [0.05, 0.1) is 4.90 Å². The third kappa shape index (κ3) is 4.13. The fourth-order valence-corrected chi connectivity index (χ4v) is 5.25. The SMILES string of the molecule is CSc1ccccc1S(=O)(=O)N1CCCC(C(C)N)C1.Cl. The smallest absolute Gasteiger partial charge is 0.244 e. The quantitative estimate of drug-likeness (QED) is 0.848. The lowest BCUT2D eigenvalue weighted by atomic mass is 9.93. The van der Waals surface area contributed by atoms with Crippen LogP contribution in [-0.4, -0.2) is 38.1 Å². The Morgan fingerprint density at radius 1 is 1.38 bits per heavy atom. The van der Waals surface area contributed by atoms with Crippen molar-refractivity contribution in [3.8, 4) is 0 Å². The Morgan fingerprint density at radius 3 is 2.67 bits per heavy atom. The maximum absolute atomic E-state index is 12.8. The third-order valence-corrected chi connectivity index (χ3v) is 6.70. The zero-order chi connectivity index (χ0) is 14.8. The first kappa shape index (κ1) is 18.8. The topological polar surface area (TPSA) is 63.4 Å². The molecule has 0 spiro atoms. The van der Waals surface area contributed by atoms with Gasteiger partial charge in [0.2, 0.25) is 10.0 Å². The summed E-state index contributed by atoms with van der Waals surface area (Å²) in [6.45, 7) is 3.08. The number of piperidine rings is 1. The minimum Gasteiger partial charge on any atom is -0.328 e. The van der Waals surface area contributed by atoms with Crippen LogP contribution < -0.4 is 5.73 Å². The molecule has 0 aliphatic carbocycles. The number of hydrogen-bond acceptors (Lipinski definition) is 4. The second kappa shape index (κ2) is 7.83. The molecule has 0 saturated carbocycles. The lowest BCUT2D eigenvalue weighted by molar-refractivity contribution is 0.243. The van der Waals surface area contributed by atoms with Gasteiger partial charge in [0.15, 0.2) is 0 Å². The molecule has 0 bridgehead atoms. The van der Waals surface area contributed by atoms with Gasteiger partial charge in [-0.05, 0) is 44.1 Å². The molecule has 1 fully saturated rings. The molecule has 1 saturated heterocycles. The molecule has 1 aromatic rings. The van der Waals surface area contributed by atoms with E-state index in [1.165, 1.54) is 11.8 Å². The van der Waals surface area contributed by atoms with Gasteiger partial charge in [0.25, 0.3) is 0 Å². The molecule has 21 heavy (non-hydrogen) atoms. The highest BCUT2D eigenvalue weighted by Crippen LogP contribution is 2.30. The van der Waals surface area contributed by atoms with Gasteiger partial charge in [-0.15, -0.1) is 24.2 Å². The highest BCUT2D eigenvalue weighted by atomic mass is 35.5. The van der Waals surface area contributed by atoms with Crippen molar-refractivity contribution in [3.05, 3.63) is 24.3 Å². The molecule has 1 aliphatic heterocycles. The van der Waals surface area contributed by atoms with E-state index in [9.17, 15) is 8.42 Å². The van der Waals surface area contributed by atoms with Gasteiger partial charge in [0.1, 0.15) is 0 Å². The Balaban J connectivity index is 0.00000220. The minimum absolute atomic E-state index is 0. The number of nitrogens with two attached hydrogens (primary N) is 1. The summed E-state index contributed by atoms with van der Waals surface area (Å²) in [6, 6.07) is 7.22. The molecule has 1 aromatic carbocycles. The molecule has 7 heteroatoms. The van der Waals surface area contributed by atoms with Gasteiger partial charge >= 0.3 is 0 Å². The van der Waals surface area contributed by atoms with E-state index in [0.29, 0.717) is 18.0 Å². The van der Waals surface area contributed by atoms with Crippen LogP contribution in [-0.2, 0) is 10.0 Å². The van der Waals surface area contributed by atoms with E-state index in [2.05, 4.69) is 0 Å². The van der Waals surface area contributed by atoms with Crippen LogP contribution in [0, 0.1) is 5.92 Å². The Hall–Kier alpha value is -0.270. The summed E-state index contributed by atoms with van der Waals surface area (Å²) < 4.78 is 27.2. The van der Waals surface area contributed by atoms with E-state index in [4.69, 9.17) is 5.73 Å². The van der Waals surface area contributed by atoms with E-state index in [1.54, 1.807) is 16.4 Å². The van der Waals surface area contributed by atoms with Crippen molar-refractivity contribution in [2.24, 2.45) is 11.7 Å². The summed E-state index contributed by atoms with van der Waals surface area (Å²) >= 11 is 1.46. The highest BCUT2D eigenvalue weighted by molar-refractivity contribution is 7.99. The Labute approximate surface area is 137 Å². The van der Waals surface area contributed by atoms with E-state index in [-0.39, 0.29) is 24.4 Å². The predicted molar refractivity (Wildman–Crippen MR) is 90.6 cm³/mol. The third-order valence-electron chi connectivity index (χ3n) is 3.85. The van der Waals surface area contributed by atoms with Crippen LogP contribution in [0.5, 0.6) is 0 Å². The number of sulfonamides is 1. The van der Waals surface area contributed by atoms with Crippen molar-refractivity contribution < 1.29 is 8.42 Å². The molecule has 1 aliphatic rings. The van der Waals surface area contributed by atoms with Crippen molar-refractivity contribution in [3.63, 3.8) is 0 Å². The van der Waals surface area contributed by atoms with Gasteiger partial charge in [0, 0.05) is 24.0 Å².